The van der Waals surface area contributed by atoms with E-state index in [-0.39, 0.29) is 5.11 Å². The van der Waals surface area contributed by atoms with Gasteiger partial charge in [-0.25, -0.2) is 0 Å². The lowest BCUT2D eigenvalue weighted by Crippen LogP contribution is -2.32. The Kier molecular flexibility index (Phi) is 8.92. The molecule has 3 aromatic carbocycles. The van der Waals surface area contributed by atoms with Crippen molar-refractivity contribution in [3.8, 4) is 5.75 Å². The van der Waals surface area contributed by atoms with Gasteiger partial charge in [0.25, 0.3) is 0 Å². The fourth-order valence-corrected chi connectivity index (χ4v) is 4.73. The van der Waals surface area contributed by atoms with Gasteiger partial charge in [0.1, 0.15) is 5.75 Å². The van der Waals surface area contributed by atoms with E-state index in [1.807, 2.05) is 24.3 Å². The fraction of sp³-hybridized carbons (Fsp3) is 0.286. The number of unbranched alkanes of at least 4 members (excludes halogenated alkanes) is 2. The first kappa shape index (κ1) is 24.9. The third kappa shape index (κ3) is 7.41. The van der Waals surface area contributed by atoms with Gasteiger partial charge >= 0.3 is 0 Å². The molecular formula is C28H32N4OS2. The summed E-state index contributed by atoms with van der Waals surface area (Å²) in [5, 5.41) is 4.11. The Morgan fingerprint density at radius 3 is 2.43 bits per heavy atom. The lowest BCUT2D eigenvalue weighted by Gasteiger charge is -2.22. The molecule has 0 saturated carbocycles. The molecule has 7 heteroatoms. The summed E-state index contributed by atoms with van der Waals surface area (Å²) in [5.41, 5.74) is 10.2. The minimum atomic E-state index is 0.251. The van der Waals surface area contributed by atoms with E-state index in [1.165, 1.54) is 16.8 Å². The van der Waals surface area contributed by atoms with Crippen molar-refractivity contribution >= 4 is 46.0 Å². The average Bonchev–Trinajstić information content (AvgIpc) is 3.22. The van der Waals surface area contributed by atoms with Crippen molar-refractivity contribution in [2.75, 3.05) is 36.5 Å². The predicted octanol–water partition coefficient (Wildman–Crippen LogP) is 5.59. The number of nitrogens with one attached hydrogen (secondary N) is 1. The Bertz CT molecular complexity index is 1120. The lowest BCUT2D eigenvalue weighted by molar-refractivity contribution is 0.302. The predicted molar refractivity (Wildman–Crippen MR) is 153 cm³/mol. The smallest absolute Gasteiger partial charge is 0.176 e. The van der Waals surface area contributed by atoms with Crippen molar-refractivity contribution in [2.24, 2.45) is 5.73 Å². The number of thiocarbonyl (C=S) groups is 2. The van der Waals surface area contributed by atoms with Crippen molar-refractivity contribution in [2.45, 2.75) is 25.7 Å². The Labute approximate surface area is 218 Å². The number of nitrogens with zero attached hydrogens (tertiary/aromatic N) is 2. The first-order chi connectivity index (χ1) is 17.1. The van der Waals surface area contributed by atoms with Crippen LogP contribution in [-0.2, 0) is 6.42 Å². The summed E-state index contributed by atoms with van der Waals surface area (Å²) in [6.07, 6.45) is 4.14. The summed E-state index contributed by atoms with van der Waals surface area (Å²) in [6, 6.07) is 27.1. The fourth-order valence-electron chi connectivity index (χ4n) is 4.23. The largest absolute Gasteiger partial charge is 0.494 e. The molecule has 0 aliphatic carbocycles. The highest BCUT2D eigenvalue weighted by molar-refractivity contribution is 7.80. The summed E-state index contributed by atoms with van der Waals surface area (Å²) in [4.78, 5) is 4.57. The molecule has 0 atom stereocenters. The molecule has 1 fully saturated rings. The standard InChI is InChI=1S/C28H32N4OS2/c29-27(34)30-24-10-7-11-26(21-24)33-19-6-2-5-16-31-17-18-32(28(31)35)25-14-12-23(13-15-25)20-22-8-3-1-4-9-22/h1,3-4,7-15,21H,2,5-6,16-20H2,(H3,29,30,34). The minimum absolute atomic E-state index is 0.251. The molecule has 3 aromatic rings. The first-order valence-electron chi connectivity index (χ1n) is 12.1. The Hall–Kier alpha value is -3.16. The first-order valence-corrected chi connectivity index (χ1v) is 12.9. The number of hydrogen-bond acceptors (Lipinski definition) is 3. The molecule has 0 aromatic heterocycles. The third-order valence-corrected chi connectivity index (χ3v) is 6.62. The van der Waals surface area contributed by atoms with E-state index in [1.54, 1.807) is 0 Å². The second-order valence-corrected chi connectivity index (χ2v) is 9.48. The molecule has 1 aliphatic heterocycles. The molecule has 35 heavy (non-hydrogen) atoms. The van der Waals surface area contributed by atoms with E-state index in [2.05, 4.69) is 69.7 Å². The molecule has 0 amide bonds. The molecule has 1 heterocycles. The van der Waals surface area contributed by atoms with Gasteiger partial charge in [-0.05, 0) is 85.5 Å². The zero-order valence-electron chi connectivity index (χ0n) is 19.9. The van der Waals surface area contributed by atoms with E-state index in [4.69, 9.17) is 34.9 Å². The van der Waals surface area contributed by atoms with Gasteiger partial charge in [0.15, 0.2) is 10.2 Å². The molecular weight excluding hydrogens is 472 g/mol. The minimum Gasteiger partial charge on any atom is -0.494 e. The van der Waals surface area contributed by atoms with Gasteiger partial charge in [0.2, 0.25) is 0 Å². The van der Waals surface area contributed by atoms with Crippen LogP contribution < -0.4 is 20.7 Å². The van der Waals surface area contributed by atoms with Gasteiger partial charge in [0.05, 0.1) is 6.61 Å². The molecule has 5 nitrogen and oxygen atoms in total. The van der Waals surface area contributed by atoms with E-state index in [9.17, 15) is 0 Å². The van der Waals surface area contributed by atoms with Crippen molar-refractivity contribution in [1.29, 1.82) is 0 Å². The molecule has 4 rings (SSSR count). The number of nitrogens with two attached hydrogens (primary N) is 1. The van der Waals surface area contributed by atoms with Crippen LogP contribution in [0.3, 0.4) is 0 Å². The second-order valence-electron chi connectivity index (χ2n) is 8.68. The summed E-state index contributed by atoms with van der Waals surface area (Å²) >= 11 is 10.7. The molecule has 1 aliphatic rings. The molecule has 3 N–H and O–H groups in total. The monoisotopic (exact) mass is 504 g/mol. The third-order valence-electron chi connectivity index (χ3n) is 6.04. The quantitative estimate of drug-likeness (QED) is 0.261. The van der Waals surface area contributed by atoms with E-state index >= 15 is 0 Å². The lowest BCUT2D eigenvalue weighted by atomic mass is 10.0. The zero-order chi connectivity index (χ0) is 24.5. The van der Waals surface area contributed by atoms with Gasteiger partial charge < -0.3 is 25.6 Å². The Morgan fingerprint density at radius 1 is 0.886 bits per heavy atom. The van der Waals surface area contributed by atoms with Crippen molar-refractivity contribution in [3.05, 3.63) is 90.0 Å². The van der Waals surface area contributed by atoms with Crippen LogP contribution in [0, 0.1) is 0 Å². The van der Waals surface area contributed by atoms with Crippen LogP contribution in [0.15, 0.2) is 78.9 Å². The highest BCUT2D eigenvalue weighted by atomic mass is 32.1. The normalized spacial score (nSPS) is 13.2. The average molecular weight is 505 g/mol. The molecule has 0 spiro atoms. The van der Waals surface area contributed by atoms with Gasteiger partial charge in [-0.1, -0.05) is 48.5 Å². The number of hydrogen-bond donors (Lipinski definition) is 2. The Morgan fingerprint density at radius 2 is 1.66 bits per heavy atom. The molecule has 0 radical (unpaired) electrons. The van der Waals surface area contributed by atoms with Crippen molar-refractivity contribution in [3.63, 3.8) is 0 Å². The van der Waals surface area contributed by atoms with Crippen LogP contribution in [0.2, 0.25) is 0 Å². The van der Waals surface area contributed by atoms with Crippen LogP contribution in [0.5, 0.6) is 5.75 Å². The number of rotatable bonds is 11. The summed E-state index contributed by atoms with van der Waals surface area (Å²) in [5.74, 6) is 0.817. The highest BCUT2D eigenvalue weighted by Gasteiger charge is 2.25. The molecule has 1 saturated heterocycles. The molecule has 182 valence electrons. The molecule has 0 bridgehead atoms. The maximum absolute atomic E-state index is 5.87. The van der Waals surface area contributed by atoms with Gasteiger partial charge in [-0.2, -0.15) is 0 Å². The highest BCUT2D eigenvalue weighted by Crippen LogP contribution is 2.23. The van der Waals surface area contributed by atoms with E-state index in [0.717, 1.165) is 61.9 Å². The topological polar surface area (TPSA) is 53.8 Å². The van der Waals surface area contributed by atoms with Crippen molar-refractivity contribution < 1.29 is 4.74 Å². The maximum atomic E-state index is 5.87. The zero-order valence-corrected chi connectivity index (χ0v) is 21.5. The summed E-state index contributed by atoms with van der Waals surface area (Å²) < 4.78 is 5.87. The SMILES string of the molecule is NC(=S)Nc1cccc(OCCCCCN2CCN(c3ccc(Cc4ccccc4)cc3)C2=S)c1. The van der Waals surface area contributed by atoms with Crippen LogP contribution in [0.25, 0.3) is 0 Å². The van der Waals surface area contributed by atoms with Gasteiger partial charge in [-0.3, -0.25) is 0 Å². The Balaban J connectivity index is 1.16. The van der Waals surface area contributed by atoms with Crippen LogP contribution >= 0.6 is 24.4 Å². The van der Waals surface area contributed by atoms with E-state index in [0.29, 0.717) is 6.61 Å². The van der Waals surface area contributed by atoms with Crippen LogP contribution in [0.4, 0.5) is 11.4 Å². The van der Waals surface area contributed by atoms with Gasteiger partial charge in [0, 0.05) is 37.1 Å². The number of ether oxygens (including phenoxy) is 1. The van der Waals surface area contributed by atoms with Crippen LogP contribution in [-0.4, -0.2) is 41.4 Å². The van der Waals surface area contributed by atoms with Crippen LogP contribution in [0.1, 0.15) is 30.4 Å². The van der Waals surface area contributed by atoms with Gasteiger partial charge in [-0.15, -0.1) is 0 Å². The second kappa shape index (κ2) is 12.5. The number of benzene rings is 3. The maximum Gasteiger partial charge on any atom is 0.176 e. The van der Waals surface area contributed by atoms with E-state index < -0.39 is 0 Å². The van der Waals surface area contributed by atoms with Crippen molar-refractivity contribution in [1.82, 2.24) is 4.90 Å². The summed E-state index contributed by atoms with van der Waals surface area (Å²) in [7, 11) is 0. The molecule has 0 unspecified atom stereocenters. The summed E-state index contributed by atoms with van der Waals surface area (Å²) in [6.45, 7) is 3.58. The number of anilines is 2.